The lowest BCUT2D eigenvalue weighted by Gasteiger charge is -2.37. The monoisotopic (exact) mass is 354 g/mol. The molecule has 0 saturated carbocycles. The van der Waals surface area contributed by atoms with Crippen LogP contribution in [0, 0.1) is 5.92 Å². The summed E-state index contributed by atoms with van der Waals surface area (Å²) >= 11 is 1.86. The summed E-state index contributed by atoms with van der Waals surface area (Å²) < 4.78 is 0. The second-order valence-corrected chi connectivity index (χ2v) is 8.24. The van der Waals surface area contributed by atoms with Crippen LogP contribution in [0.4, 0.5) is 0 Å². The summed E-state index contributed by atoms with van der Waals surface area (Å²) in [6.45, 7) is 3.13. The second kappa shape index (κ2) is 7.12. The SMILES string of the molecule is CCC1c2ccsc2CCN1C(=O)CC1CC2CCC(C1)N2.Cl. The average Bonchev–Trinajstić information content (AvgIpc) is 3.12. The normalized spacial score (nSPS) is 32.3. The van der Waals surface area contributed by atoms with Crippen LogP contribution in [0.15, 0.2) is 11.4 Å². The molecule has 3 aliphatic rings. The zero-order chi connectivity index (χ0) is 15.1. The van der Waals surface area contributed by atoms with Crippen LogP contribution in [0.5, 0.6) is 0 Å². The van der Waals surface area contributed by atoms with Crippen molar-refractivity contribution < 1.29 is 4.79 Å². The van der Waals surface area contributed by atoms with Gasteiger partial charge in [-0.3, -0.25) is 4.79 Å². The third-order valence-electron chi connectivity index (χ3n) is 5.84. The summed E-state index contributed by atoms with van der Waals surface area (Å²) in [5.74, 6) is 1.00. The average molecular weight is 355 g/mol. The molecule has 5 heteroatoms. The molecule has 2 fully saturated rings. The minimum absolute atomic E-state index is 0. The molecule has 0 radical (unpaired) electrons. The highest BCUT2D eigenvalue weighted by Gasteiger charge is 2.36. The van der Waals surface area contributed by atoms with Gasteiger partial charge in [-0.2, -0.15) is 0 Å². The van der Waals surface area contributed by atoms with Gasteiger partial charge in [0.05, 0.1) is 6.04 Å². The zero-order valence-corrected chi connectivity index (χ0v) is 15.4. The van der Waals surface area contributed by atoms with Gasteiger partial charge in [-0.25, -0.2) is 0 Å². The van der Waals surface area contributed by atoms with Gasteiger partial charge in [0.25, 0.3) is 0 Å². The summed E-state index contributed by atoms with van der Waals surface area (Å²) in [5.41, 5.74) is 1.41. The molecule has 1 N–H and O–H groups in total. The van der Waals surface area contributed by atoms with Crippen LogP contribution in [0.3, 0.4) is 0 Å². The van der Waals surface area contributed by atoms with Crippen molar-refractivity contribution in [1.29, 1.82) is 0 Å². The van der Waals surface area contributed by atoms with Crippen molar-refractivity contribution in [1.82, 2.24) is 10.2 Å². The lowest BCUT2D eigenvalue weighted by atomic mass is 9.88. The zero-order valence-electron chi connectivity index (χ0n) is 13.8. The van der Waals surface area contributed by atoms with E-state index in [1.165, 1.54) is 36.1 Å². The topological polar surface area (TPSA) is 32.3 Å². The Hall–Kier alpha value is -0.580. The Kier molecular flexibility index (Phi) is 5.34. The number of amides is 1. The third kappa shape index (κ3) is 3.31. The Labute approximate surface area is 149 Å². The lowest BCUT2D eigenvalue weighted by Crippen LogP contribution is -2.43. The molecule has 2 bridgehead atoms. The maximum absolute atomic E-state index is 12.9. The van der Waals surface area contributed by atoms with E-state index in [-0.39, 0.29) is 12.4 Å². The Morgan fingerprint density at radius 2 is 2.09 bits per heavy atom. The molecular weight excluding hydrogens is 328 g/mol. The van der Waals surface area contributed by atoms with E-state index in [0.29, 0.717) is 30.0 Å². The van der Waals surface area contributed by atoms with Crippen LogP contribution < -0.4 is 5.32 Å². The maximum atomic E-state index is 12.9. The lowest BCUT2D eigenvalue weighted by molar-refractivity contribution is -0.135. The number of thiophene rings is 1. The standard InChI is InChI=1S/C18H26N2OS.ClH/c1-2-16-15-6-8-22-17(15)5-7-20(16)18(21)11-12-9-13-3-4-14(10-12)19-13;/h6,8,12-14,16,19H,2-5,7,9-11H2,1H3;1H. The number of carbonyl (C=O) groups excluding carboxylic acids is 1. The van der Waals surface area contributed by atoms with E-state index in [1.807, 2.05) is 11.3 Å². The molecule has 3 aliphatic heterocycles. The molecular formula is C18H27ClN2OS. The van der Waals surface area contributed by atoms with Gasteiger partial charge >= 0.3 is 0 Å². The summed E-state index contributed by atoms with van der Waals surface area (Å²) in [5, 5.41) is 5.87. The number of piperidine rings is 1. The van der Waals surface area contributed by atoms with Crippen LogP contribution in [0.1, 0.15) is 61.9 Å². The van der Waals surface area contributed by atoms with Crippen LogP contribution in [-0.4, -0.2) is 29.4 Å². The fourth-order valence-electron chi connectivity index (χ4n) is 4.84. The molecule has 1 amide bonds. The summed E-state index contributed by atoms with van der Waals surface area (Å²) in [4.78, 5) is 16.6. The molecule has 128 valence electrons. The quantitative estimate of drug-likeness (QED) is 0.892. The number of halogens is 1. The first-order chi connectivity index (χ1) is 10.7. The van der Waals surface area contributed by atoms with Gasteiger partial charge in [0, 0.05) is 29.9 Å². The van der Waals surface area contributed by atoms with Crippen molar-refractivity contribution in [2.75, 3.05) is 6.54 Å². The van der Waals surface area contributed by atoms with Crippen molar-refractivity contribution in [2.45, 2.75) is 70.0 Å². The van der Waals surface area contributed by atoms with E-state index in [0.717, 1.165) is 25.8 Å². The van der Waals surface area contributed by atoms with Crippen LogP contribution in [0.2, 0.25) is 0 Å². The molecule has 3 atom stereocenters. The van der Waals surface area contributed by atoms with Crippen molar-refractivity contribution in [3.8, 4) is 0 Å². The number of hydrogen-bond donors (Lipinski definition) is 1. The minimum Gasteiger partial charge on any atom is -0.335 e. The fourth-order valence-corrected chi connectivity index (χ4v) is 5.77. The molecule has 3 nitrogen and oxygen atoms in total. The highest BCUT2D eigenvalue weighted by atomic mass is 35.5. The number of hydrogen-bond acceptors (Lipinski definition) is 3. The van der Waals surface area contributed by atoms with E-state index >= 15 is 0 Å². The van der Waals surface area contributed by atoms with Gasteiger partial charge in [-0.1, -0.05) is 6.92 Å². The highest BCUT2D eigenvalue weighted by Crippen LogP contribution is 2.37. The van der Waals surface area contributed by atoms with Crippen LogP contribution in [-0.2, 0) is 11.2 Å². The fraction of sp³-hybridized carbons (Fsp3) is 0.722. The van der Waals surface area contributed by atoms with Crippen molar-refractivity contribution >= 4 is 29.7 Å². The summed E-state index contributed by atoms with van der Waals surface area (Å²) in [6, 6.07) is 3.92. The Morgan fingerprint density at radius 3 is 2.78 bits per heavy atom. The van der Waals surface area contributed by atoms with Crippen molar-refractivity contribution in [3.63, 3.8) is 0 Å². The number of nitrogens with one attached hydrogen (secondary N) is 1. The molecule has 1 aromatic heterocycles. The first-order valence-corrected chi connectivity index (χ1v) is 9.74. The molecule has 4 rings (SSSR count). The predicted octanol–water partition coefficient (Wildman–Crippen LogP) is 3.93. The van der Waals surface area contributed by atoms with Crippen LogP contribution in [0.25, 0.3) is 0 Å². The number of nitrogens with zero attached hydrogens (tertiary/aromatic N) is 1. The number of carbonyl (C=O) groups is 1. The summed E-state index contributed by atoms with van der Waals surface area (Å²) in [7, 11) is 0. The van der Waals surface area contributed by atoms with Gasteiger partial charge in [0.15, 0.2) is 0 Å². The van der Waals surface area contributed by atoms with Gasteiger partial charge in [-0.15, -0.1) is 23.7 Å². The molecule has 23 heavy (non-hydrogen) atoms. The minimum atomic E-state index is 0. The Morgan fingerprint density at radius 1 is 1.35 bits per heavy atom. The van der Waals surface area contributed by atoms with E-state index in [2.05, 4.69) is 28.6 Å². The van der Waals surface area contributed by atoms with E-state index in [1.54, 1.807) is 0 Å². The van der Waals surface area contributed by atoms with Crippen molar-refractivity contribution in [2.24, 2.45) is 5.92 Å². The Bertz CT molecular complexity index is 549. The molecule has 1 aromatic rings. The number of fused-ring (bicyclic) bond motifs is 3. The molecule has 3 unspecified atom stereocenters. The number of rotatable bonds is 3. The van der Waals surface area contributed by atoms with Gasteiger partial charge in [-0.05, 0) is 61.5 Å². The Balaban J connectivity index is 0.00000156. The first kappa shape index (κ1) is 17.2. The van der Waals surface area contributed by atoms with Gasteiger partial charge < -0.3 is 10.2 Å². The van der Waals surface area contributed by atoms with E-state index in [4.69, 9.17) is 0 Å². The summed E-state index contributed by atoms with van der Waals surface area (Å²) in [6.07, 6.45) is 7.89. The molecule has 2 saturated heterocycles. The molecule has 0 aromatic carbocycles. The first-order valence-electron chi connectivity index (χ1n) is 8.86. The smallest absolute Gasteiger partial charge is 0.223 e. The third-order valence-corrected chi connectivity index (χ3v) is 6.83. The van der Waals surface area contributed by atoms with Gasteiger partial charge in [0.2, 0.25) is 5.91 Å². The van der Waals surface area contributed by atoms with Gasteiger partial charge in [0.1, 0.15) is 0 Å². The molecule has 0 spiro atoms. The van der Waals surface area contributed by atoms with E-state index in [9.17, 15) is 4.79 Å². The van der Waals surface area contributed by atoms with E-state index < -0.39 is 0 Å². The molecule has 4 heterocycles. The largest absolute Gasteiger partial charge is 0.335 e. The predicted molar refractivity (Wildman–Crippen MR) is 97.3 cm³/mol. The van der Waals surface area contributed by atoms with Crippen molar-refractivity contribution in [3.05, 3.63) is 21.9 Å². The highest BCUT2D eigenvalue weighted by molar-refractivity contribution is 7.10. The molecule has 0 aliphatic carbocycles. The maximum Gasteiger partial charge on any atom is 0.223 e. The van der Waals surface area contributed by atoms with Crippen LogP contribution >= 0.6 is 23.7 Å². The second-order valence-electron chi connectivity index (χ2n) is 7.24.